The van der Waals surface area contributed by atoms with Gasteiger partial charge in [-0.05, 0) is 38.0 Å². The Hall–Kier alpha value is -0.570. The summed E-state index contributed by atoms with van der Waals surface area (Å²) in [4.78, 5) is 10.9. The van der Waals surface area contributed by atoms with Crippen molar-refractivity contribution in [2.75, 3.05) is 0 Å². The Kier molecular flexibility index (Phi) is 4.78. The number of carboxylic acid groups (broad SMARTS) is 1. The van der Waals surface area contributed by atoms with Gasteiger partial charge in [-0.15, -0.1) is 0 Å². The highest BCUT2D eigenvalue weighted by Crippen LogP contribution is 2.29. The number of rotatable bonds is 4. The molecule has 3 nitrogen and oxygen atoms in total. The van der Waals surface area contributed by atoms with E-state index in [1.54, 1.807) is 6.92 Å². The SMILES string of the molecule is CC1CCC(NC(C)C(C)C(=O)O)C(C)C1. The highest BCUT2D eigenvalue weighted by molar-refractivity contribution is 5.70. The van der Waals surface area contributed by atoms with Crippen molar-refractivity contribution in [3.63, 3.8) is 0 Å². The summed E-state index contributed by atoms with van der Waals surface area (Å²) in [5.74, 6) is 0.454. The number of hydrogen-bond donors (Lipinski definition) is 2. The van der Waals surface area contributed by atoms with Crippen molar-refractivity contribution < 1.29 is 9.90 Å². The van der Waals surface area contributed by atoms with E-state index in [1.165, 1.54) is 19.3 Å². The molecule has 0 amide bonds. The Labute approximate surface area is 98.6 Å². The summed E-state index contributed by atoms with van der Waals surface area (Å²) >= 11 is 0. The van der Waals surface area contributed by atoms with Crippen LogP contribution in [-0.2, 0) is 4.79 Å². The predicted octanol–water partition coefficient (Wildman–Crippen LogP) is 2.51. The van der Waals surface area contributed by atoms with Crippen molar-refractivity contribution in [3.8, 4) is 0 Å². The molecular weight excluding hydrogens is 202 g/mol. The summed E-state index contributed by atoms with van der Waals surface area (Å²) in [6.45, 7) is 8.32. The quantitative estimate of drug-likeness (QED) is 0.776. The number of aliphatic carboxylic acids is 1. The van der Waals surface area contributed by atoms with Gasteiger partial charge in [-0.2, -0.15) is 0 Å². The molecule has 0 radical (unpaired) electrons. The lowest BCUT2D eigenvalue weighted by Gasteiger charge is -2.36. The first kappa shape index (κ1) is 13.5. The van der Waals surface area contributed by atoms with E-state index < -0.39 is 5.97 Å². The molecule has 1 rings (SSSR count). The summed E-state index contributed by atoms with van der Waals surface area (Å²) in [6.07, 6.45) is 3.70. The van der Waals surface area contributed by atoms with Gasteiger partial charge < -0.3 is 10.4 Å². The molecule has 1 saturated carbocycles. The summed E-state index contributed by atoms with van der Waals surface area (Å²) in [5.41, 5.74) is 0. The van der Waals surface area contributed by atoms with Gasteiger partial charge in [-0.3, -0.25) is 4.79 Å². The third kappa shape index (κ3) is 3.48. The van der Waals surface area contributed by atoms with E-state index in [4.69, 9.17) is 5.11 Å². The fourth-order valence-electron chi connectivity index (χ4n) is 2.61. The molecule has 1 aliphatic rings. The Morgan fingerprint density at radius 3 is 2.44 bits per heavy atom. The molecule has 0 spiro atoms. The molecule has 0 aromatic heterocycles. The van der Waals surface area contributed by atoms with Crippen LogP contribution in [0.2, 0.25) is 0 Å². The second kappa shape index (κ2) is 5.67. The number of carboxylic acids is 1. The second-order valence-corrected chi connectivity index (χ2v) is 5.58. The molecule has 0 saturated heterocycles. The van der Waals surface area contributed by atoms with Crippen LogP contribution in [0.1, 0.15) is 47.0 Å². The van der Waals surface area contributed by atoms with Gasteiger partial charge in [0, 0.05) is 12.1 Å². The third-order valence-corrected chi connectivity index (χ3v) is 4.05. The lowest BCUT2D eigenvalue weighted by Crippen LogP contribution is -2.47. The van der Waals surface area contributed by atoms with Gasteiger partial charge in [0.15, 0.2) is 0 Å². The van der Waals surface area contributed by atoms with E-state index >= 15 is 0 Å². The van der Waals surface area contributed by atoms with E-state index in [0.717, 1.165) is 5.92 Å². The first-order valence-electron chi connectivity index (χ1n) is 6.40. The molecule has 5 atom stereocenters. The standard InChI is InChI=1S/C13H25NO2/c1-8-5-6-12(9(2)7-8)14-11(4)10(3)13(15)16/h8-12,14H,5-7H2,1-4H3,(H,15,16). The van der Waals surface area contributed by atoms with Crippen LogP contribution in [0.4, 0.5) is 0 Å². The zero-order chi connectivity index (χ0) is 12.3. The minimum atomic E-state index is -0.711. The first-order valence-corrected chi connectivity index (χ1v) is 6.40. The van der Waals surface area contributed by atoms with Crippen molar-refractivity contribution in [1.82, 2.24) is 5.32 Å². The number of carbonyl (C=O) groups is 1. The zero-order valence-electron chi connectivity index (χ0n) is 10.9. The van der Waals surface area contributed by atoms with E-state index in [-0.39, 0.29) is 12.0 Å². The maximum Gasteiger partial charge on any atom is 0.307 e. The Bertz CT molecular complexity index is 242. The minimum absolute atomic E-state index is 0.0540. The van der Waals surface area contributed by atoms with Gasteiger partial charge in [0.05, 0.1) is 5.92 Å². The summed E-state index contributed by atoms with van der Waals surface area (Å²) in [6, 6.07) is 0.548. The van der Waals surface area contributed by atoms with Crippen LogP contribution >= 0.6 is 0 Å². The molecule has 2 N–H and O–H groups in total. The van der Waals surface area contributed by atoms with Gasteiger partial charge >= 0.3 is 5.97 Å². The fourth-order valence-corrected chi connectivity index (χ4v) is 2.61. The van der Waals surface area contributed by atoms with E-state index in [0.29, 0.717) is 12.0 Å². The summed E-state index contributed by atoms with van der Waals surface area (Å²) < 4.78 is 0. The molecule has 0 aromatic carbocycles. The zero-order valence-corrected chi connectivity index (χ0v) is 10.9. The van der Waals surface area contributed by atoms with Gasteiger partial charge in [0.1, 0.15) is 0 Å². The average Bonchev–Trinajstić information content (AvgIpc) is 2.20. The normalized spacial score (nSPS) is 34.4. The van der Waals surface area contributed by atoms with Crippen LogP contribution in [0.5, 0.6) is 0 Å². The molecule has 0 aromatic rings. The monoisotopic (exact) mass is 227 g/mol. The van der Waals surface area contributed by atoms with Crippen molar-refractivity contribution >= 4 is 5.97 Å². The van der Waals surface area contributed by atoms with Crippen LogP contribution in [0.3, 0.4) is 0 Å². The van der Waals surface area contributed by atoms with E-state index in [9.17, 15) is 4.79 Å². The lowest BCUT2D eigenvalue weighted by atomic mass is 9.79. The Balaban J connectivity index is 2.44. The third-order valence-electron chi connectivity index (χ3n) is 4.05. The maximum atomic E-state index is 10.9. The van der Waals surface area contributed by atoms with E-state index in [2.05, 4.69) is 19.2 Å². The molecule has 16 heavy (non-hydrogen) atoms. The average molecular weight is 227 g/mol. The molecule has 5 unspecified atom stereocenters. The molecule has 0 bridgehead atoms. The van der Waals surface area contributed by atoms with E-state index in [1.807, 2.05) is 6.92 Å². The number of hydrogen-bond acceptors (Lipinski definition) is 2. The predicted molar refractivity (Wildman–Crippen MR) is 65.4 cm³/mol. The highest BCUT2D eigenvalue weighted by Gasteiger charge is 2.28. The van der Waals surface area contributed by atoms with Gasteiger partial charge in [0.25, 0.3) is 0 Å². The Morgan fingerprint density at radius 2 is 1.94 bits per heavy atom. The smallest absolute Gasteiger partial charge is 0.307 e. The van der Waals surface area contributed by atoms with Gasteiger partial charge in [0.2, 0.25) is 0 Å². The maximum absolute atomic E-state index is 10.9. The molecule has 1 fully saturated rings. The van der Waals surface area contributed by atoms with Crippen LogP contribution < -0.4 is 5.32 Å². The van der Waals surface area contributed by atoms with Crippen molar-refractivity contribution in [2.45, 2.75) is 59.0 Å². The van der Waals surface area contributed by atoms with Crippen LogP contribution in [-0.4, -0.2) is 23.2 Å². The van der Waals surface area contributed by atoms with Crippen molar-refractivity contribution in [2.24, 2.45) is 17.8 Å². The van der Waals surface area contributed by atoms with Crippen molar-refractivity contribution in [3.05, 3.63) is 0 Å². The fraction of sp³-hybridized carbons (Fsp3) is 0.923. The molecule has 1 aliphatic carbocycles. The van der Waals surface area contributed by atoms with Crippen molar-refractivity contribution in [1.29, 1.82) is 0 Å². The largest absolute Gasteiger partial charge is 0.481 e. The van der Waals surface area contributed by atoms with Gasteiger partial charge in [-0.1, -0.05) is 20.8 Å². The van der Waals surface area contributed by atoms with Crippen LogP contribution in [0, 0.1) is 17.8 Å². The molecule has 94 valence electrons. The Morgan fingerprint density at radius 1 is 1.31 bits per heavy atom. The summed E-state index contributed by atoms with van der Waals surface area (Å²) in [7, 11) is 0. The summed E-state index contributed by atoms with van der Waals surface area (Å²) in [5, 5.41) is 12.4. The molecule has 0 heterocycles. The molecular formula is C13H25NO2. The number of nitrogens with one attached hydrogen (secondary N) is 1. The van der Waals surface area contributed by atoms with Crippen LogP contribution in [0.25, 0.3) is 0 Å². The topological polar surface area (TPSA) is 49.3 Å². The van der Waals surface area contributed by atoms with Gasteiger partial charge in [-0.25, -0.2) is 0 Å². The highest BCUT2D eigenvalue weighted by atomic mass is 16.4. The lowest BCUT2D eigenvalue weighted by molar-refractivity contribution is -0.142. The second-order valence-electron chi connectivity index (χ2n) is 5.58. The molecule has 0 aliphatic heterocycles. The molecule has 3 heteroatoms. The van der Waals surface area contributed by atoms with Crippen LogP contribution in [0.15, 0.2) is 0 Å². The first-order chi connectivity index (χ1) is 7.41. The minimum Gasteiger partial charge on any atom is -0.481 e.